The van der Waals surface area contributed by atoms with Gasteiger partial charge in [-0.05, 0) is 31.4 Å². The van der Waals surface area contributed by atoms with E-state index in [9.17, 15) is 4.79 Å². The zero-order chi connectivity index (χ0) is 15.4. The minimum absolute atomic E-state index is 0.0367. The van der Waals surface area contributed by atoms with E-state index in [1.807, 2.05) is 48.2 Å². The molecule has 0 radical (unpaired) electrons. The van der Waals surface area contributed by atoms with Gasteiger partial charge in [0.2, 0.25) is 5.91 Å². The highest BCUT2D eigenvalue weighted by molar-refractivity contribution is 5.92. The van der Waals surface area contributed by atoms with E-state index in [2.05, 4.69) is 9.97 Å². The Labute approximate surface area is 130 Å². The number of aromatic nitrogens is 2. The minimum Gasteiger partial charge on any atom is -0.330 e. The lowest BCUT2D eigenvalue weighted by Crippen LogP contribution is -2.29. The molecule has 22 heavy (non-hydrogen) atoms. The first-order chi connectivity index (χ1) is 10.7. The summed E-state index contributed by atoms with van der Waals surface area (Å²) >= 11 is 0. The molecular formula is C18H19N3O. The molecule has 1 aliphatic rings. The number of amides is 1. The van der Waals surface area contributed by atoms with E-state index in [1.165, 1.54) is 0 Å². The summed E-state index contributed by atoms with van der Waals surface area (Å²) < 4.78 is 0. The lowest BCUT2D eigenvalue weighted by molar-refractivity contribution is -0.126. The zero-order valence-corrected chi connectivity index (χ0v) is 12.6. The van der Waals surface area contributed by atoms with Crippen LogP contribution in [0.1, 0.15) is 35.8 Å². The fourth-order valence-electron chi connectivity index (χ4n) is 2.81. The largest absolute Gasteiger partial charge is 0.330 e. The van der Waals surface area contributed by atoms with Crippen LogP contribution in [-0.2, 0) is 4.79 Å². The molecule has 4 heteroatoms. The first kappa shape index (κ1) is 14.4. The summed E-state index contributed by atoms with van der Waals surface area (Å²) in [4.78, 5) is 23.1. The third-order valence-electron chi connectivity index (χ3n) is 3.87. The summed E-state index contributed by atoms with van der Waals surface area (Å²) in [6.07, 6.45) is 8.97. The van der Waals surface area contributed by atoms with Crippen molar-refractivity contribution in [1.29, 1.82) is 0 Å². The summed E-state index contributed by atoms with van der Waals surface area (Å²) in [7, 11) is 0. The molecule has 0 saturated carbocycles. The van der Waals surface area contributed by atoms with Gasteiger partial charge in [0.25, 0.3) is 0 Å². The fourth-order valence-corrected chi connectivity index (χ4v) is 2.81. The van der Waals surface area contributed by atoms with Gasteiger partial charge < -0.3 is 4.90 Å². The Morgan fingerprint density at radius 3 is 2.86 bits per heavy atom. The van der Waals surface area contributed by atoms with Crippen LogP contribution in [0.3, 0.4) is 0 Å². The van der Waals surface area contributed by atoms with Gasteiger partial charge >= 0.3 is 0 Å². The van der Waals surface area contributed by atoms with Crippen molar-refractivity contribution < 1.29 is 4.79 Å². The smallest absolute Gasteiger partial charge is 0.247 e. The predicted octanol–water partition coefficient (Wildman–Crippen LogP) is 3.16. The third kappa shape index (κ3) is 3.22. The van der Waals surface area contributed by atoms with E-state index >= 15 is 0 Å². The second-order valence-electron chi connectivity index (χ2n) is 5.52. The van der Waals surface area contributed by atoms with Crippen LogP contribution in [0, 0.1) is 6.92 Å². The highest BCUT2D eigenvalue weighted by atomic mass is 16.2. The van der Waals surface area contributed by atoms with Gasteiger partial charge in [-0.2, -0.15) is 0 Å². The second kappa shape index (κ2) is 6.52. The first-order valence-corrected chi connectivity index (χ1v) is 7.56. The summed E-state index contributed by atoms with van der Waals surface area (Å²) in [6.45, 7) is 2.70. The maximum atomic E-state index is 12.5. The summed E-state index contributed by atoms with van der Waals surface area (Å²) in [5.41, 5.74) is 2.80. The number of nitrogens with zero attached hydrogens (tertiary/aromatic N) is 3. The number of hydrogen-bond donors (Lipinski definition) is 0. The summed E-state index contributed by atoms with van der Waals surface area (Å²) in [5.74, 6) is 0.0367. The van der Waals surface area contributed by atoms with Crippen molar-refractivity contribution in [2.45, 2.75) is 25.8 Å². The molecule has 3 rings (SSSR count). The molecule has 1 aromatic heterocycles. The van der Waals surface area contributed by atoms with E-state index in [0.717, 1.165) is 36.3 Å². The van der Waals surface area contributed by atoms with Crippen molar-refractivity contribution in [2.24, 2.45) is 0 Å². The van der Waals surface area contributed by atoms with Crippen molar-refractivity contribution in [3.63, 3.8) is 0 Å². The van der Waals surface area contributed by atoms with Crippen LogP contribution in [-0.4, -0.2) is 27.3 Å². The van der Waals surface area contributed by atoms with Crippen LogP contribution in [0.15, 0.2) is 48.8 Å². The summed E-state index contributed by atoms with van der Waals surface area (Å²) in [5, 5.41) is 0. The summed E-state index contributed by atoms with van der Waals surface area (Å²) in [6, 6.07) is 9.90. The van der Waals surface area contributed by atoms with Crippen LogP contribution in [0.2, 0.25) is 0 Å². The standard InChI is InChI=1S/C18H19N3O/c1-14-12-19-13-16(20-14)17-8-5-11-21(17)18(22)10-9-15-6-3-2-4-7-15/h2-4,6-7,9-10,12-13,17H,5,8,11H2,1H3/b10-9+/t17-/m0/s1. The Kier molecular flexibility index (Phi) is 4.28. The Hall–Kier alpha value is -2.49. The number of carbonyl (C=O) groups excluding carboxylic acids is 1. The number of carbonyl (C=O) groups is 1. The normalized spacial score (nSPS) is 18.0. The van der Waals surface area contributed by atoms with Crippen molar-refractivity contribution in [2.75, 3.05) is 6.54 Å². The van der Waals surface area contributed by atoms with Crippen molar-refractivity contribution in [1.82, 2.24) is 14.9 Å². The minimum atomic E-state index is 0.0367. The van der Waals surface area contributed by atoms with Gasteiger partial charge in [-0.25, -0.2) is 0 Å². The van der Waals surface area contributed by atoms with Crippen molar-refractivity contribution >= 4 is 12.0 Å². The third-order valence-corrected chi connectivity index (χ3v) is 3.87. The van der Waals surface area contributed by atoms with Gasteiger partial charge in [-0.15, -0.1) is 0 Å². The molecule has 1 fully saturated rings. The highest BCUT2D eigenvalue weighted by Crippen LogP contribution is 2.30. The first-order valence-electron chi connectivity index (χ1n) is 7.56. The molecule has 1 amide bonds. The predicted molar refractivity (Wildman–Crippen MR) is 85.9 cm³/mol. The van der Waals surface area contributed by atoms with E-state index < -0.39 is 0 Å². The van der Waals surface area contributed by atoms with E-state index in [4.69, 9.17) is 0 Å². The highest BCUT2D eigenvalue weighted by Gasteiger charge is 2.29. The molecule has 1 aliphatic heterocycles. The molecule has 1 atom stereocenters. The van der Waals surface area contributed by atoms with Crippen LogP contribution in [0.4, 0.5) is 0 Å². The quantitative estimate of drug-likeness (QED) is 0.817. The molecule has 0 N–H and O–H groups in total. The second-order valence-corrected chi connectivity index (χ2v) is 5.52. The molecule has 1 aromatic carbocycles. The van der Waals surface area contributed by atoms with Gasteiger partial charge in [0.1, 0.15) is 0 Å². The zero-order valence-electron chi connectivity index (χ0n) is 12.6. The molecule has 0 spiro atoms. The average Bonchev–Trinajstić information content (AvgIpc) is 3.03. The lowest BCUT2D eigenvalue weighted by Gasteiger charge is -2.22. The molecule has 0 unspecified atom stereocenters. The Balaban J connectivity index is 1.75. The van der Waals surface area contributed by atoms with Crippen molar-refractivity contribution in [3.8, 4) is 0 Å². The van der Waals surface area contributed by atoms with E-state index in [0.29, 0.717) is 0 Å². The Morgan fingerprint density at radius 2 is 2.09 bits per heavy atom. The number of rotatable bonds is 3. The Morgan fingerprint density at radius 1 is 1.27 bits per heavy atom. The molecule has 112 valence electrons. The van der Waals surface area contributed by atoms with Crippen molar-refractivity contribution in [3.05, 3.63) is 65.8 Å². The fraction of sp³-hybridized carbons (Fsp3) is 0.278. The van der Waals surface area contributed by atoms with Gasteiger partial charge in [0.15, 0.2) is 0 Å². The van der Waals surface area contributed by atoms with E-state index in [-0.39, 0.29) is 11.9 Å². The molecule has 2 heterocycles. The number of hydrogen-bond acceptors (Lipinski definition) is 3. The lowest BCUT2D eigenvalue weighted by atomic mass is 10.1. The molecule has 0 bridgehead atoms. The molecular weight excluding hydrogens is 274 g/mol. The van der Waals surface area contributed by atoms with Gasteiger partial charge in [-0.1, -0.05) is 30.3 Å². The molecule has 1 saturated heterocycles. The SMILES string of the molecule is Cc1cncc([C@@H]2CCCN2C(=O)/C=C/c2ccccc2)n1. The average molecular weight is 293 g/mol. The van der Waals surface area contributed by atoms with Crippen LogP contribution in [0.5, 0.6) is 0 Å². The number of benzene rings is 1. The van der Waals surface area contributed by atoms with Gasteiger partial charge in [0.05, 0.1) is 23.6 Å². The molecule has 0 aliphatic carbocycles. The molecule has 4 nitrogen and oxygen atoms in total. The van der Waals surface area contributed by atoms with Gasteiger partial charge in [0, 0.05) is 18.8 Å². The molecule has 2 aromatic rings. The van der Waals surface area contributed by atoms with Gasteiger partial charge in [-0.3, -0.25) is 14.8 Å². The van der Waals surface area contributed by atoms with Crippen LogP contribution < -0.4 is 0 Å². The van der Waals surface area contributed by atoms with E-state index in [1.54, 1.807) is 18.5 Å². The maximum absolute atomic E-state index is 12.5. The number of aryl methyl sites for hydroxylation is 1. The van der Waals surface area contributed by atoms with Crippen LogP contribution >= 0.6 is 0 Å². The van der Waals surface area contributed by atoms with Crippen LogP contribution in [0.25, 0.3) is 6.08 Å². The monoisotopic (exact) mass is 293 g/mol. The maximum Gasteiger partial charge on any atom is 0.247 e. The topological polar surface area (TPSA) is 46.1 Å². The Bertz CT molecular complexity index is 682. The number of likely N-dealkylation sites (tertiary alicyclic amines) is 1.